The Morgan fingerprint density at radius 1 is 1.27 bits per heavy atom. The number of likely N-dealkylation sites (tertiary alicyclic amines) is 1. The lowest BCUT2D eigenvalue weighted by atomic mass is 9.69. The number of hydrogen-bond donors (Lipinski definition) is 1. The van der Waals surface area contributed by atoms with Crippen LogP contribution in [0.1, 0.15) is 24.8 Å². The maximum atomic E-state index is 10.1. The van der Waals surface area contributed by atoms with Gasteiger partial charge in [0.2, 0.25) is 0 Å². The van der Waals surface area contributed by atoms with Crippen LogP contribution < -0.4 is 4.90 Å². The highest BCUT2D eigenvalue weighted by Gasteiger charge is 2.46. The molecule has 5 heteroatoms. The Hall–Kier alpha value is -1.30. The second-order valence-electron chi connectivity index (χ2n) is 8.00. The van der Waals surface area contributed by atoms with E-state index in [2.05, 4.69) is 54.3 Å². The highest BCUT2D eigenvalue weighted by molar-refractivity contribution is 7.98. The molecule has 3 heterocycles. The van der Waals surface area contributed by atoms with E-state index in [9.17, 15) is 5.11 Å². The third kappa shape index (κ3) is 3.00. The monoisotopic (exact) mass is 371 g/mol. The lowest BCUT2D eigenvalue weighted by Crippen LogP contribution is -2.61. The minimum Gasteiger partial charge on any atom is -0.396 e. The second-order valence-corrected chi connectivity index (χ2v) is 8.88. The van der Waals surface area contributed by atoms with Crippen molar-refractivity contribution < 1.29 is 5.11 Å². The minimum atomic E-state index is 0.0708. The summed E-state index contributed by atoms with van der Waals surface area (Å²) in [5.74, 6) is 1.08. The van der Waals surface area contributed by atoms with Crippen molar-refractivity contribution in [2.45, 2.75) is 37.1 Å². The summed E-state index contributed by atoms with van der Waals surface area (Å²) in [6.45, 7) is 5.54. The van der Waals surface area contributed by atoms with Crippen LogP contribution in [0.25, 0.3) is 10.9 Å². The van der Waals surface area contributed by atoms with E-state index in [-0.39, 0.29) is 5.41 Å². The number of pyridine rings is 1. The fraction of sp³-hybridized carbons (Fsp3) is 0.571. The summed E-state index contributed by atoms with van der Waals surface area (Å²) >= 11 is 1.76. The number of aliphatic hydroxyl groups excluding tert-OH is 1. The molecule has 0 spiro atoms. The molecular formula is C21H29N3OS. The van der Waals surface area contributed by atoms with Crippen LogP contribution in [0.2, 0.25) is 0 Å². The topological polar surface area (TPSA) is 39.6 Å². The predicted octanol–water partition coefficient (Wildman–Crippen LogP) is 3.55. The second kappa shape index (κ2) is 7.02. The van der Waals surface area contributed by atoms with Crippen LogP contribution in [0.15, 0.2) is 29.2 Å². The van der Waals surface area contributed by atoms with Gasteiger partial charge in [-0.3, -0.25) is 0 Å². The van der Waals surface area contributed by atoms with Gasteiger partial charge in [-0.2, -0.15) is 0 Å². The third-order valence-electron chi connectivity index (χ3n) is 6.55. The number of benzene rings is 1. The highest BCUT2D eigenvalue weighted by Crippen LogP contribution is 2.42. The van der Waals surface area contributed by atoms with E-state index in [1.165, 1.54) is 22.3 Å². The fourth-order valence-electron chi connectivity index (χ4n) is 4.88. The standard InChI is InChI=1S/C21H29N3OS/c1-15-11-20(22-18-12-16(26-3)5-6-17(15)18)24-10-8-21(14-25)7-4-9-23(2)19(21)13-24/h5-6,11-12,19,25H,4,7-10,13-14H2,1-3H3/t19-,21-/m1/s1. The molecule has 4 rings (SSSR count). The number of likely N-dealkylation sites (N-methyl/N-ethyl adjacent to an activating group) is 1. The average Bonchev–Trinajstić information content (AvgIpc) is 2.67. The van der Waals surface area contributed by atoms with E-state index in [1.54, 1.807) is 11.8 Å². The van der Waals surface area contributed by atoms with Crippen LogP contribution >= 0.6 is 11.8 Å². The number of piperidine rings is 2. The molecule has 0 radical (unpaired) electrons. The number of fused-ring (bicyclic) bond motifs is 2. The van der Waals surface area contributed by atoms with Gasteiger partial charge in [-0.05, 0) is 69.8 Å². The molecule has 1 N–H and O–H groups in total. The van der Waals surface area contributed by atoms with Crippen molar-refractivity contribution >= 4 is 28.5 Å². The molecule has 1 aromatic heterocycles. The van der Waals surface area contributed by atoms with Gasteiger partial charge in [0, 0.05) is 34.8 Å². The molecule has 140 valence electrons. The van der Waals surface area contributed by atoms with Crippen LogP contribution in [0.3, 0.4) is 0 Å². The van der Waals surface area contributed by atoms with E-state index in [4.69, 9.17) is 4.98 Å². The summed E-state index contributed by atoms with van der Waals surface area (Å²) in [6, 6.07) is 9.20. The first kappa shape index (κ1) is 18.1. The van der Waals surface area contributed by atoms with Crippen LogP contribution in [0.4, 0.5) is 5.82 Å². The molecule has 2 aliphatic rings. The van der Waals surface area contributed by atoms with Crippen molar-refractivity contribution in [3.05, 3.63) is 29.8 Å². The molecule has 0 bridgehead atoms. The number of nitrogens with zero attached hydrogens (tertiary/aromatic N) is 3. The van der Waals surface area contributed by atoms with Gasteiger partial charge < -0.3 is 14.9 Å². The van der Waals surface area contributed by atoms with Gasteiger partial charge in [0.15, 0.2) is 0 Å². The van der Waals surface area contributed by atoms with Crippen LogP contribution in [0, 0.1) is 12.3 Å². The molecular weight excluding hydrogens is 342 g/mol. The molecule has 2 fully saturated rings. The number of thioether (sulfide) groups is 1. The van der Waals surface area contributed by atoms with Crippen LogP contribution in [-0.4, -0.2) is 60.6 Å². The van der Waals surface area contributed by atoms with Crippen LogP contribution in [0.5, 0.6) is 0 Å². The summed E-state index contributed by atoms with van der Waals surface area (Å²) in [5.41, 5.74) is 2.44. The number of aromatic nitrogens is 1. The van der Waals surface area contributed by atoms with Crippen molar-refractivity contribution in [2.24, 2.45) is 5.41 Å². The van der Waals surface area contributed by atoms with Crippen molar-refractivity contribution in [3.8, 4) is 0 Å². The zero-order valence-corrected chi connectivity index (χ0v) is 16.9. The van der Waals surface area contributed by atoms with Crippen molar-refractivity contribution in [2.75, 3.05) is 44.4 Å². The summed E-state index contributed by atoms with van der Waals surface area (Å²) in [7, 11) is 2.21. The maximum Gasteiger partial charge on any atom is 0.129 e. The Kier molecular flexibility index (Phi) is 4.88. The zero-order chi connectivity index (χ0) is 18.3. The van der Waals surface area contributed by atoms with Crippen molar-refractivity contribution in [1.29, 1.82) is 0 Å². The number of rotatable bonds is 3. The number of hydrogen-bond acceptors (Lipinski definition) is 5. The zero-order valence-electron chi connectivity index (χ0n) is 16.0. The largest absolute Gasteiger partial charge is 0.396 e. The Bertz CT molecular complexity index is 811. The van der Waals surface area contributed by atoms with E-state index >= 15 is 0 Å². The van der Waals surface area contributed by atoms with Gasteiger partial charge in [0.1, 0.15) is 5.82 Å². The minimum absolute atomic E-state index is 0.0708. The molecule has 4 nitrogen and oxygen atoms in total. The molecule has 0 amide bonds. The Labute approximate surface area is 160 Å². The van der Waals surface area contributed by atoms with Gasteiger partial charge >= 0.3 is 0 Å². The van der Waals surface area contributed by atoms with E-state index in [1.807, 2.05) is 0 Å². The van der Waals surface area contributed by atoms with Gasteiger partial charge in [-0.1, -0.05) is 6.07 Å². The third-order valence-corrected chi connectivity index (χ3v) is 7.27. The quantitative estimate of drug-likeness (QED) is 0.836. The van der Waals surface area contributed by atoms with E-state index < -0.39 is 0 Å². The molecule has 1 aromatic carbocycles. The van der Waals surface area contributed by atoms with Gasteiger partial charge in [-0.25, -0.2) is 4.98 Å². The van der Waals surface area contributed by atoms with Gasteiger partial charge in [0.05, 0.1) is 12.1 Å². The molecule has 0 saturated carbocycles. The Morgan fingerprint density at radius 3 is 2.88 bits per heavy atom. The smallest absolute Gasteiger partial charge is 0.129 e. The average molecular weight is 372 g/mol. The normalized spacial score (nSPS) is 26.9. The first-order chi connectivity index (χ1) is 12.6. The lowest BCUT2D eigenvalue weighted by molar-refractivity contribution is -0.0277. The van der Waals surface area contributed by atoms with E-state index in [0.717, 1.165) is 43.8 Å². The molecule has 2 atom stereocenters. The summed E-state index contributed by atoms with van der Waals surface area (Å²) in [6.07, 6.45) is 5.49. The predicted molar refractivity (Wildman–Crippen MR) is 110 cm³/mol. The molecule has 26 heavy (non-hydrogen) atoms. The van der Waals surface area contributed by atoms with Crippen molar-refractivity contribution in [1.82, 2.24) is 9.88 Å². The van der Waals surface area contributed by atoms with Crippen molar-refractivity contribution in [3.63, 3.8) is 0 Å². The summed E-state index contributed by atoms with van der Waals surface area (Å²) in [4.78, 5) is 11.1. The molecule has 0 unspecified atom stereocenters. The first-order valence-corrected chi connectivity index (χ1v) is 10.8. The van der Waals surface area contributed by atoms with Gasteiger partial charge in [-0.15, -0.1) is 11.8 Å². The summed E-state index contributed by atoms with van der Waals surface area (Å²) < 4.78 is 0. The van der Waals surface area contributed by atoms with Crippen LogP contribution in [-0.2, 0) is 0 Å². The lowest BCUT2D eigenvalue weighted by Gasteiger charge is -2.53. The number of anilines is 1. The first-order valence-electron chi connectivity index (χ1n) is 9.58. The maximum absolute atomic E-state index is 10.1. The van der Waals surface area contributed by atoms with E-state index in [0.29, 0.717) is 12.6 Å². The molecule has 2 saturated heterocycles. The molecule has 2 aliphatic heterocycles. The molecule has 0 aliphatic carbocycles. The molecule has 2 aromatic rings. The highest BCUT2D eigenvalue weighted by atomic mass is 32.2. The fourth-order valence-corrected chi connectivity index (χ4v) is 5.31. The SMILES string of the molecule is CSc1ccc2c(C)cc(N3CC[C@@]4(CO)CCCN(C)[C@@H]4C3)nc2c1. The number of aliphatic hydroxyl groups is 1. The number of aryl methyl sites for hydroxylation is 1. The summed E-state index contributed by atoms with van der Waals surface area (Å²) in [5, 5.41) is 11.4. The Morgan fingerprint density at radius 2 is 2.12 bits per heavy atom. The van der Waals surface area contributed by atoms with Gasteiger partial charge in [0.25, 0.3) is 0 Å². The Balaban J connectivity index is 1.67.